The van der Waals surface area contributed by atoms with Crippen LogP contribution in [0.5, 0.6) is 0 Å². The maximum Gasteiger partial charge on any atom is 0.508 e. The van der Waals surface area contributed by atoms with Crippen molar-refractivity contribution in [2.75, 3.05) is 18.9 Å². The van der Waals surface area contributed by atoms with Gasteiger partial charge in [-0.25, -0.2) is 14.6 Å². The van der Waals surface area contributed by atoms with E-state index in [-0.39, 0.29) is 36.0 Å². The predicted molar refractivity (Wildman–Crippen MR) is 126 cm³/mol. The van der Waals surface area contributed by atoms with Gasteiger partial charge in [-0.2, -0.15) is 4.98 Å². The molecule has 1 saturated carbocycles. The Kier molecular flexibility index (Phi) is 8.41. The Bertz CT molecular complexity index is 1260. The molecule has 212 valence electrons. The molecule has 0 spiro atoms. The Morgan fingerprint density at radius 1 is 1.21 bits per heavy atom. The minimum atomic E-state index is -5.83. The summed E-state index contributed by atoms with van der Waals surface area (Å²) in [6, 6.07) is 0. The summed E-state index contributed by atoms with van der Waals surface area (Å²) in [4.78, 5) is 71.9. The second-order valence-corrected chi connectivity index (χ2v) is 11.4. The Morgan fingerprint density at radius 2 is 1.74 bits per heavy atom. The number of fused-ring (bicyclic) bond motifs is 1. The molecule has 1 aliphatic rings. The molecule has 1 aliphatic carbocycles. The topological polar surface area (TPSA) is 233 Å². The van der Waals surface area contributed by atoms with Gasteiger partial charge in [-0.05, 0) is 47.6 Å². The minimum absolute atomic E-state index is 0.0215. The molecule has 1 fully saturated rings. The van der Waals surface area contributed by atoms with Crippen molar-refractivity contribution in [1.82, 2.24) is 19.5 Å². The van der Waals surface area contributed by atoms with Gasteiger partial charge in [0.25, 0.3) is 5.56 Å². The smallest absolute Gasteiger partial charge is 0.508 e. The van der Waals surface area contributed by atoms with Crippen molar-refractivity contribution in [3.05, 3.63) is 16.7 Å². The van der Waals surface area contributed by atoms with Gasteiger partial charge < -0.3 is 48.3 Å². The van der Waals surface area contributed by atoms with Crippen LogP contribution in [0.2, 0.25) is 0 Å². The van der Waals surface area contributed by atoms with Crippen LogP contribution in [0, 0.1) is 5.92 Å². The van der Waals surface area contributed by atoms with Crippen molar-refractivity contribution in [3.63, 3.8) is 0 Å². The average molecular weight is 559 g/mol. The molecule has 0 aromatic carbocycles. The summed E-state index contributed by atoms with van der Waals surface area (Å²) in [5, 5.41) is -2.84. The van der Waals surface area contributed by atoms with Crippen LogP contribution in [-0.4, -0.2) is 68.2 Å². The first-order chi connectivity index (χ1) is 17.6. The molecule has 17 heteroatoms. The number of nitrogens with one attached hydrogen (secondary N) is 1. The summed E-state index contributed by atoms with van der Waals surface area (Å²) in [5.74, 6) is -0.495. The monoisotopic (exact) mass is 559 g/mol. The summed E-state index contributed by atoms with van der Waals surface area (Å²) >= 11 is 0. The van der Waals surface area contributed by atoms with Crippen LogP contribution >= 0.6 is 7.60 Å². The second kappa shape index (κ2) is 10.9. The van der Waals surface area contributed by atoms with Crippen molar-refractivity contribution in [3.8, 4) is 0 Å². The van der Waals surface area contributed by atoms with Crippen LogP contribution < -0.4 is 21.1 Å². The number of imidazole rings is 1. The third-order valence-corrected chi connectivity index (χ3v) is 7.06. The number of nitrogens with two attached hydrogens (primary N) is 1. The van der Waals surface area contributed by atoms with Gasteiger partial charge in [0.15, 0.2) is 16.5 Å². The van der Waals surface area contributed by atoms with E-state index in [0.717, 1.165) is 0 Å². The zero-order valence-electron chi connectivity index (χ0n) is 21.5. The molecule has 3 N–H and O–H groups in total. The zero-order valence-corrected chi connectivity index (χ0v) is 22.4. The van der Waals surface area contributed by atoms with Crippen molar-refractivity contribution in [2.24, 2.45) is 5.92 Å². The second-order valence-electron chi connectivity index (χ2n) is 9.62. The minimum Gasteiger partial charge on any atom is -0.809 e. The highest BCUT2D eigenvalue weighted by atomic mass is 31.2. The number of nitrogens with zero attached hydrogens (tertiary/aromatic N) is 3. The summed E-state index contributed by atoms with van der Waals surface area (Å²) in [6.45, 7) is 5.46. The van der Waals surface area contributed by atoms with Crippen LogP contribution in [-0.2, 0) is 34.8 Å². The van der Waals surface area contributed by atoms with Crippen molar-refractivity contribution >= 4 is 37.0 Å². The average Bonchev–Trinajstić information content (AvgIpc) is 3.19. The largest absolute Gasteiger partial charge is 0.809 e. The van der Waals surface area contributed by atoms with Crippen LogP contribution in [0.25, 0.3) is 11.2 Å². The number of H-pyrrole nitrogens is 1. The summed E-state index contributed by atoms with van der Waals surface area (Å²) in [5.41, 5.74) is 3.79. The van der Waals surface area contributed by atoms with Crippen LogP contribution in [0.3, 0.4) is 0 Å². The molecule has 0 amide bonds. The number of aromatic amines is 1. The number of rotatable bonds is 11. The van der Waals surface area contributed by atoms with E-state index >= 15 is 0 Å². The lowest BCUT2D eigenvalue weighted by atomic mass is 10.2. The number of hydrogen-bond acceptors (Lipinski definition) is 14. The molecule has 0 saturated heterocycles. The van der Waals surface area contributed by atoms with Gasteiger partial charge >= 0.3 is 12.3 Å². The van der Waals surface area contributed by atoms with Gasteiger partial charge in [0.05, 0.1) is 30.7 Å². The fourth-order valence-corrected chi connectivity index (χ4v) is 4.46. The lowest BCUT2D eigenvalue weighted by Gasteiger charge is -2.49. The van der Waals surface area contributed by atoms with E-state index in [2.05, 4.69) is 15.0 Å². The molecular weight excluding hydrogens is 529 g/mol. The fraction of sp³-hybridized carbons (Fsp3) is 0.667. The first-order valence-electron chi connectivity index (χ1n) is 11.7. The molecule has 0 radical (unpaired) electrons. The van der Waals surface area contributed by atoms with E-state index in [0.29, 0.717) is 0 Å². The number of anilines is 1. The van der Waals surface area contributed by atoms with Crippen molar-refractivity contribution < 1.29 is 47.6 Å². The normalized spacial score (nSPS) is 19.6. The Balaban J connectivity index is 1.96. The molecule has 2 aromatic rings. The molecule has 38 heavy (non-hydrogen) atoms. The highest BCUT2D eigenvalue weighted by Gasteiger charge is 2.59. The molecule has 2 atom stereocenters. The summed E-state index contributed by atoms with van der Waals surface area (Å²) in [7, 11) is -5.83. The number of carbonyl (C=O) groups is 2. The van der Waals surface area contributed by atoms with Gasteiger partial charge in [0.2, 0.25) is 5.95 Å². The Hall–Kier alpha value is -3.20. The van der Waals surface area contributed by atoms with Crippen LogP contribution in [0.4, 0.5) is 15.5 Å². The molecule has 2 unspecified atom stereocenters. The lowest BCUT2D eigenvalue weighted by molar-refractivity contribution is -0.339. The number of nitrogen functional groups attached to an aromatic ring is 1. The highest BCUT2D eigenvalue weighted by Crippen LogP contribution is 2.56. The van der Waals surface area contributed by atoms with Crippen molar-refractivity contribution in [1.29, 1.82) is 0 Å². The van der Waals surface area contributed by atoms with E-state index in [1.165, 1.54) is 38.6 Å². The van der Waals surface area contributed by atoms with E-state index in [1.54, 1.807) is 6.92 Å². The van der Waals surface area contributed by atoms with E-state index < -0.39 is 61.8 Å². The molecule has 2 heterocycles. The highest BCUT2D eigenvalue weighted by molar-refractivity contribution is 7.50. The zero-order chi connectivity index (χ0) is 28.5. The molecular formula is C21H30N5O11P-2. The Morgan fingerprint density at radius 3 is 2.18 bits per heavy atom. The quantitative estimate of drug-likeness (QED) is 0.277. The fourth-order valence-electron chi connectivity index (χ4n) is 3.72. The maximum absolute atomic E-state index is 12.6. The van der Waals surface area contributed by atoms with Crippen molar-refractivity contribution in [2.45, 2.75) is 70.7 Å². The molecule has 3 rings (SSSR count). The third kappa shape index (κ3) is 6.62. The van der Waals surface area contributed by atoms with Crippen LogP contribution in [0.15, 0.2) is 11.1 Å². The molecule has 0 bridgehead atoms. The summed E-state index contributed by atoms with van der Waals surface area (Å²) < 4.78 is 39.5. The van der Waals surface area contributed by atoms with E-state index in [4.69, 9.17) is 29.4 Å². The van der Waals surface area contributed by atoms with Gasteiger partial charge in [-0.1, -0.05) is 6.92 Å². The number of aromatic nitrogens is 4. The molecule has 2 aromatic heterocycles. The van der Waals surface area contributed by atoms with Gasteiger partial charge in [-0.3, -0.25) is 9.78 Å². The predicted octanol–water partition coefficient (Wildman–Crippen LogP) is 0.230. The van der Waals surface area contributed by atoms with Crippen LogP contribution in [0.1, 0.15) is 41.0 Å². The van der Waals surface area contributed by atoms with Gasteiger partial charge in [-0.15, -0.1) is 0 Å². The third-order valence-electron chi connectivity index (χ3n) is 5.71. The number of hydrogen-bond donors (Lipinski definition) is 2. The standard InChI is InChI=1S/C21H32N5O11P/c1-11(2)35-18(28)33-8-21(38(30,31)32,9-34-19(29)36-12(3)4)37-20(6-13(20)5)7-26-10-23-14-15(26)24-17(22)25-16(14)27/h10-13H,6-9H2,1-5H3,(H2,30,31,32)(H3,22,24,25,27)/p-2. The van der Waals surface area contributed by atoms with E-state index in [1.807, 2.05) is 0 Å². The maximum atomic E-state index is 12.6. The number of carbonyl (C=O) groups excluding carboxylic acids is 2. The van der Waals surface area contributed by atoms with E-state index in [9.17, 15) is 28.7 Å². The Labute approximate surface area is 216 Å². The lowest BCUT2D eigenvalue weighted by Crippen LogP contribution is -2.53. The first-order valence-corrected chi connectivity index (χ1v) is 13.2. The van der Waals surface area contributed by atoms with Gasteiger partial charge in [0.1, 0.15) is 13.2 Å². The number of ether oxygens (including phenoxy) is 5. The summed E-state index contributed by atoms with van der Waals surface area (Å²) in [6.07, 6.45) is -2.19. The molecule has 0 aliphatic heterocycles. The SMILES string of the molecule is CC(C)OC(=O)OCC(COC(=O)OC(C)C)(OC1(Cn2cnc3c(=O)[nH]c(N)nc32)CC1C)P(=O)([O-])[O-]. The first kappa shape index (κ1) is 29.4. The molecule has 16 nitrogen and oxygen atoms in total. The van der Waals surface area contributed by atoms with Gasteiger partial charge in [0, 0.05) is 0 Å².